The summed E-state index contributed by atoms with van der Waals surface area (Å²) >= 11 is 0. The van der Waals surface area contributed by atoms with Crippen LogP contribution in [0.1, 0.15) is 27.2 Å². The first-order valence-corrected chi connectivity index (χ1v) is 4.28. The molecule has 0 aliphatic carbocycles. The van der Waals surface area contributed by atoms with E-state index < -0.39 is 5.60 Å². The van der Waals surface area contributed by atoms with Crippen LogP contribution in [-0.2, 0) is 4.74 Å². The molecule has 3 nitrogen and oxygen atoms in total. The average molecular weight is 169 g/mol. The first-order chi connectivity index (χ1) is 5.50. The number of hydrogen-bond donors (Lipinski definition) is 1. The number of nitrogens with zero attached hydrogens (tertiary/aromatic N) is 1. The van der Waals surface area contributed by atoms with Crippen LogP contribution < -0.4 is 0 Å². The van der Waals surface area contributed by atoms with Gasteiger partial charge in [-0.15, -0.1) is 0 Å². The Hall–Kier alpha value is -0.590. The molecule has 0 amide bonds. The zero-order chi connectivity index (χ0) is 9.35. The highest BCUT2D eigenvalue weighted by molar-refractivity contribution is 5.03. The summed E-state index contributed by atoms with van der Waals surface area (Å²) in [6, 6.07) is 2.07. The van der Waals surface area contributed by atoms with Crippen molar-refractivity contribution in [3.63, 3.8) is 0 Å². The summed E-state index contributed by atoms with van der Waals surface area (Å²) in [5, 5.41) is 18.8. The third-order valence-corrected chi connectivity index (χ3v) is 2.70. The fourth-order valence-electron chi connectivity index (χ4n) is 1.78. The van der Waals surface area contributed by atoms with Gasteiger partial charge in [0.15, 0.2) is 0 Å². The van der Waals surface area contributed by atoms with E-state index in [4.69, 9.17) is 10.00 Å². The minimum Gasteiger partial charge on any atom is -0.386 e. The minimum atomic E-state index is -0.950. The van der Waals surface area contributed by atoms with Crippen LogP contribution >= 0.6 is 0 Å². The van der Waals surface area contributed by atoms with Gasteiger partial charge < -0.3 is 9.84 Å². The van der Waals surface area contributed by atoms with Crippen molar-refractivity contribution >= 4 is 0 Å². The Morgan fingerprint density at radius 2 is 2.25 bits per heavy atom. The normalized spacial score (nSPS) is 43.9. The predicted octanol–water partition coefficient (Wildman–Crippen LogP) is 1.07. The summed E-state index contributed by atoms with van der Waals surface area (Å²) in [5.74, 6) is -0.363. The number of ether oxygens (including phenoxy) is 1. The van der Waals surface area contributed by atoms with Gasteiger partial charge in [0.25, 0.3) is 0 Å². The molecule has 0 spiro atoms. The van der Waals surface area contributed by atoms with Gasteiger partial charge in [0.05, 0.1) is 24.2 Å². The van der Waals surface area contributed by atoms with Crippen molar-refractivity contribution in [1.82, 2.24) is 0 Å². The van der Waals surface area contributed by atoms with E-state index >= 15 is 0 Å². The van der Waals surface area contributed by atoms with E-state index in [1.165, 1.54) is 0 Å². The van der Waals surface area contributed by atoms with Gasteiger partial charge in [0.2, 0.25) is 0 Å². The van der Waals surface area contributed by atoms with E-state index in [9.17, 15) is 5.11 Å². The van der Waals surface area contributed by atoms with Crippen molar-refractivity contribution in [3.05, 3.63) is 0 Å². The monoisotopic (exact) mass is 169 g/mol. The summed E-state index contributed by atoms with van der Waals surface area (Å²) in [6.07, 6.45) is 0.381. The van der Waals surface area contributed by atoms with Crippen molar-refractivity contribution in [2.75, 3.05) is 0 Å². The van der Waals surface area contributed by atoms with Crippen LogP contribution in [0.3, 0.4) is 0 Å². The zero-order valence-electron chi connectivity index (χ0n) is 7.74. The van der Waals surface area contributed by atoms with Crippen LogP contribution in [0.5, 0.6) is 0 Å². The fraction of sp³-hybridized carbons (Fsp3) is 0.889. The maximum Gasteiger partial charge on any atom is 0.108 e. The van der Waals surface area contributed by atoms with Gasteiger partial charge in [-0.2, -0.15) is 5.26 Å². The minimum absolute atomic E-state index is 0.0563. The number of nitriles is 1. The Labute approximate surface area is 73.0 Å². The van der Waals surface area contributed by atoms with Crippen LogP contribution in [0, 0.1) is 17.2 Å². The Morgan fingerprint density at radius 3 is 2.58 bits per heavy atom. The second kappa shape index (κ2) is 3.04. The molecule has 3 heteroatoms. The van der Waals surface area contributed by atoms with E-state index in [1.54, 1.807) is 6.92 Å². The predicted molar refractivity (Wildman–Crippen MR) is 44.4 cm³/mol. The van der Waals surface area contributed by atoms with E-state index in [-0.39, 0.29) is 18.1 Å². The quantitative estimate of drug-likeness (QED) is 0.639. The lowest BCUT2D eigenvalue weighted by Crippen LogP contribution is -2.42. The Bertz CT molecular complexity index is 211. The van der Waals surface area contributed by atoms with E-state index in [0.717, 1.165) is 0 Å². The molecule has 1 aliphatic heterocycles. The molecule has 12 heavy (non-hydrogen) atoms. The van der Waals surface area contributed by atoms with Crippen molar-refractivity contribution in [1.29, 1.82) is 5.26 Å². The summed E-state index contributed by atoms with van der Waals surface area (Å²) in [7, 11) is 0. The van der Waals surface area contributed by atoms with E-state index in [2.05, 4.69) is 6.07 Å². The molecule has 0 aromatic rings. The van der Waals surface area contributed by atoms with Gasteiger partial charge in [0.1, 0.15) is 5.60 Å². The largest absolute Gasteiger partial charge is 0.386 e. The summed E-state index contributed by atoms with van der Waals surface area (Å²) in [4.78, 5) is 0. The Balaban J connectivity index is 2.78. The number of hydrogen-bond acceptors (Lipinski definition) is 3. The average Bonchev–Trinajstić information content (AvgIpc) is 2.26. The SMILES string of the molecule is CC1CC(O)(C(C)C#N)C(C)O1. The standard InChI is InChI=1S/C9H15NO2/c1-6(5-10)9(11)4-7(2)12-8(9)3/h6-8,11H,4H2,1-3H3. The molecule has 1 fully saturated rings. The van der Waals surface area contributed by atoms with Crippen LogP contribution in [-0.4, -0.2) is 22.9 Å². The number of aliphatic hydroxyl groups is 1. The lowest BCUT2D eigenvalue weighted by molar-refractivity contribution is -0.0550. The molecule has 4 atom stereocenters. The van der Waals surface area contributed by atoms with Crippen molar-refractivity contribution in [2.45, 2.75) is 45.0 Å². The van der Waals surface area contributed by atoms with Crippen molar-refractivity contribution < 1.29 is 9.84 Å². The van der Waals surface area contributed by atoms with E-state index in [1.807, 2.05) is 13.8 Å². The molecular formula is C9H15NO2. The zero-order valence-corrected chi connectivity index (χ0v) is 7.74. The van der Waals surface area contributed by atoms with Crippen molar-refractivity contribution in [3.8, 4) is 6.07 Å². The third kappa shape index (κ3) is 1.33. The second-order valence-corrected chi connectivity index (χ2v) is 3.64. The first kappa shape index (κ1) is 9.50. The van der Waals surface area contributed by atoms with Gasteiger partial charge in [-0.1, -0.05) is 0 Å². The second-order valence-electron chi connectivity index (χ2n) is 3.64. The van der Waals surface area contributed by atoms with E-state index in [0.29, 0.717) is 6.42 Å². The molecular weight excluding hydrogens is 154 g/mol. The highest BCUT2D eigenvalue weighted by Crippen LogP contribution is 2.35. The molecule has 0 aromatic heterocycles. The molecule has 0 bridgehead atoms. The molecule has 4 unspecified atom stereocenters. The highest BCUT2D eigenvalue weighted by Gasteiger charge is 2.47. The topological polar surface area (TPSA) is 53.2 Å². The van der Waals surface area contributed by atoms with Gasteiger partial charge in [-0.25, -0.2) is 0 Å². The molecule has 0 saturated carbocycles. The molecule has 1 rings (SSSR count). The Kier molecular flexibility index (Phi) is 2.41. The Morgan fingerprint density at radius 1 is 1.67 bits per heavy atom. The van der Waals surface area contributed by atoms with Crippen LogP contribution in [0.2, 0.25) is 0 Å². The molecule has 1 saturated heterocycles. The maximum absolute atomic E-state index is 10.1. The lowest BCUT2D eigenvalue weighted by Gasteiger charge is -2.27. The highest BCUT2D eigenvalue weighted by atomic mass is 16.5. The molecule has 1 aliphatic rings. The molecule has 1 heterocycles. The molecule has 68 valence electrons. The molecule has 1 N–H and O–H groups in total. The summed E-state index contributed by atoms with van der Waals surface area (Å²) < 4.78 is 5.40. The van der Waals surface area contributed by atoms with Gasteiger partial charge in [0, 0.05) is 6.42 Å². The van der Waals surface area contributed by atoms with Gasteiger partial charge in [-0.3, -0.25) is 0 Å². The first-order valence-electron chi connectivity index (χ1n) is 4.28. The third-order valence-electron chi connectivity index (χ3n) is 2.70. The van der Waals surface area contributed by atoms with Gasteiger partial charge >= 0.3 is 0 Å². The smallest absolute Gasteiger partial charge is 0.108 e. The molecule has 0 aromatic carbocycles. The van der Waals surface area contributed by atoms with Crippen LogP contribution in [0.4, 0.5) is 0 Å². The number of rotatable bonds is 1. The maximum atomic E-state index is 10.1. The fourth-order valence-corrected chi connectivity index (χ4v) is 1.78. The van der Waals surface area contributed by atoms with Crippen molar-refractivity contribution in [2.24, 2.45) is 5.92 Å². The van der Waals surface area contributed by atoms with Crippen LogP contribution in [0.15, 0.2) is 0 Å². The van der Waals surface area contributed by atoms with Crippen LogP contribution in [0.25, 0.3) is 0 Å². The van der Waals surface area contributed by atoms with Gasteiger partial charge in [-0.05, 0) is 20.8 Å². The molecule has 0 radical (unpaired) electrons. The summed E-state index contributed by atoms with van der Waals surface area (Å²) in [5.41, 5.74) is -0.950. The summed E-state index contributed by atoms with van der Waals surface area (Å²) in [6.45, 7) is 5.47. The lowest BCUT2D eigenvalue weighted by atomic mass is 9.83.